The van der Waals surface area contributed by atoms with E-state index in [4.69, 9.17) is 0 Å². The Bertz CT molecular complexity index is 641. The van der Waals surface area contributed by atoms with E-state index in [-0.39, 0.29) is 0 Å². The van der Waals surface area contributed by atoms with E-state index in [1.165, 1.54) is 0 Å². The number of anilines is 1. The van der Waals surface area contributed by atoms with Gasteiger partial charge in [-0.15, -0.1) is 11.3 Å². The summed E-state index contributed by atoms with van der Waals surface area (Å²) < 4.78 is 0. The monoisotopic (exact) mass is 245 g/mol. The van der Waals surface area contributed by atoms with E-state index in [2.05, 4.69) is 19.9 Å². The van der Waals surface area contributed by atoms with Gasteiger partial charge in [-0.1, -0.05) is 0 Å². The molecule has 0 aliphatic rings. The number of fused-ring (bicyclic) bond motifs is 1. The molecule has 0 amide bonds. The molecule has 3 heterocycles. The zero-order valence-electron chi connectivity index (χ0n) is 9.51. The van der Waals surface area contributed by atoms with Crippen molar-refractivity contribution < 1.29 is 0 Å². The largest absolute Gasteiger partial charge is 0.362 e. The quantitative estimate of drug-likeness (QED) is 0.751. The third kappa shape index (κ3) is 1.66. The van der Waals surface area contributed by atoms with Crippen molar-refractivity contribution in [2.24, 2.45) is 0 Å². The number of thiazole rings is 1. The molecule has 3 aromatic heterocycles. The van der Waals surface area contributed by atoms with Crippen LogP contribution >= 0.6 is 11.3 Å². The smallest absolute Gasteiger partial charge is 0.183 e. The Hall–Kier alpha value is -1.95. The highest BCUT2D eigenvalue weighted by Crippen LogP contribution is 2.25. The van der Waals surface area contributed by atoms with Crippen molar-refractivity contribution in [3.8, 4) is 11.5 Å². The van der Waals surface area contributed by atoms with Crippen LogP contribution in [0.4, 0.5) is 5.82 Å². The van der Waals surface area contributed by atoms with Crippen LogP contribution in [0.3, 0.4) is 0 Å². The minimum absolute atomic E-state index is 0.657. The maximum atomic E-state index is 4.55. The highest BCUT2D eigenvalue weighted by atomic mass is 32.1. The number of H-pyrrole nitrogens is 1. The number of aromatic amines is 1. The van der Waals surface area contributed by atoms with Crippen LogP contribution < -0.4 is 4.90 Å². The van der Waals surface area contributed by atoms with Gasteiger partial charge in [-0.05, 0) is 6.07 Å². The zero-order valence-corrected chi connectivity index (χ0v) is 10.3. The Morgan fingerprint density at radius 2 is 2.18 bits per heavy atom. The molecule has 0 saturated carbocycles. The molecule has 6 heteroatoms. The molecule has 5 nitrogen and oxygen atoms in total. The average Bonchev–Trinajstić information content (AvgIpc) is 2.98. The number of hydrogen-bond acceptors (Lipinski definition) is 5. The zero-order chi connectivity index (χ0) is 11.8. The molecule has 17 heavy (non-hydrogen) atoms. The summed E-state index contributed by atoms with van der Waals surface area (Å²) in [5.41, 5.74) is 3.44. The average molecular weight is 245 g/mol. The predicted octanol–water partition coefficient (Wildman–Crippen LogP) is 2.15. The van der Waals surface area contributed by atoms with Crippen molar-refractivity contribution in [2.45, 2.75) is 0 Å². The van der Waals surface area contributed by atoms with Gasteiger partial charge < -0.3 is 9.88 Å². The number of rotatable bonds is 2. The molecule has 0 spiro atoms. The van der Waals surface area contributed by atoms with E-state index in [0.717, 1.165) is 22.5 Å². The normalized spacial score (nSPS) is 10.9. The van der Waals surface area contributed by atoms with Crippen LogP contribution in [0, 0.1) is 0 Å². The molecule has 0 atom stereocenters. The maximum absolute atomic E-state index is 4.55. The van der Waals surface area contributed by atoms with E-state index < -0.39 is 0 Å². The summed E-state index contributed by atoms with van der Waals surface area (Å²) >= 11 is 1.54. The third-order valence-electron chi connectivity index (χ3n) is 2.48. The number of nitrogens with zero attached hydrogens (tertiary/aromatic N) is 4. The van der Waals surface area contributed by atoms with Crippen molar-refractivity contribution in [2.75, 3.05) is 19.0 Å². The summed E-state index contributed by atoms with van der Waals surface area (Å²) in [6.07, 6.45) is 1.87. The van der Waals surface area contributed by atoms with Gasteiger partial charge in [-0.2, -0.15) is 0 Å². The first-order valence-corrected chi connectivity index (χ1v) is 6.11. The molecule has 86 valence electrons. The number of aromatic nitrogens is 4. The lowest BCUT2D eigenvalue weighted by molar-refractivity contribution is 1.06. The lowest BCUT2D eigenvalue weighted by Crippen LogP contribution is -2.12. The van der Waals surface area contributed by atoms with Gasteiger partial charge in [0, 0.05) is 25.7 Å². The fourth-order valence-electron chi connectivity index (χ4n) is 1.70. The maximum Gasteiger partial charge on any atom is 0.183 e. The lowest BCUT2D eigenvalue weighted by Gasteiger charge is -2.12. The Morgan fingerprint density at radius 3 is 2.88 bits per heavy atom. The summed E-state index contributed by atoms with van der Waals surface area (Å²) in [5.74, 6) is 1.56. The second-order valence-electron chi connectivity index (χ2n) is 3.88. The predicted molar refractivity (Wildman–Crippen MR) is 69.3 cm³/mol. The Morgan fingerprint density at radius 1 is 1.29 bits per heavy atom. The van der Waals surface area contributed by atoms with Gasteiger partial charge in [-0.25, -0.2) is 15.0 Å². The van der Waals surface area contributed by atoms with Gasteiger partial charge in [0.25, 0.3) is 0 Å². The molecule has 3 rings (SSSR count). The van der Waals surface area contributed by atoms with Gasteiger partial charge in [0.2, 0.25) is 0 Å². The molecule has 0 fully saturated rings. The SMILES string of the molecule is CN(C)c1nc(-c2cscn2)nc2[nH]ccc12. The van der Waals surface area contributed by atoms with Crippen molar-refractivity contribution >= 4 is 28.2 Å². The molecule has 0 aliphatic carbocycles. The van der Waals surface area contributed by atoms with E-state index in [1.54, 1.807) is 16.8 Å². The molecule has 0 radical (unpaired) electrons. The summed E-state index contributed by atoms with van der Waals surface area (Å²) in [6, 6.07) is 1.98. The van der Waals surface area contributed by atoms with Crippen LogP contribution in [0.5, 0.6) is 0 Å². The first kappa shape index (κ1) is 10.2. The van der Waals surface area contributed by atoms with Gasteiger partial charge >= 0.3 is 0 Å². The van der Waals surface area contributed by atoms with Crippen molar-refractivity contribution in [3.63, 3.8) is 0 Å². The second kappa shape index (κ2) is 3.81. The van der Waals surface area contributed by atoms with Crippen molar-refractivity contribution in [1.82, 2.24) is 19.9 Å². The van der Waals surface area contributed by atoms with Crippen LogP contribution in [0.25, 0.3) is 22.6 Å². The molecule has 1 N–H and O–H groups in total. The molecule has 0 aliphatic heterocycles. The highest BCUT2D eigenvalue weighted by Gasteiger charge is 2.12. The van der Waals surface area contributed by atoms with Gasteiger partial charge in [-0.3, -0.25) is 0 Å². The van der Waals surface area contributed by atoms with E-state index in [0.29, 0.717) is 5.82 Å². The fraction of sp³-hybridized carbons (Fsp3) is 0.182. The Kier molecular flexibility index (Phi) is 2.29. The molecule has 0 unspecified atom stereocenters. The molecular weight excluding hydrogens is 234 g/mol. The lowest BCUT2D eigenvalue weighted by atomic mass is 10.3. The fourth-order valence-corrected chi connectivity index (χ4v) is 2.23. The van der Waals surface area contributed by atoms with Crippen LogP contribution in [0.15, 0.2) is 23.2 Å². The molecular formula is C11H11N5S. The first-order chi connectivity index (χ1) is 8.25. The minimum Gasteiger partial charge on any atom is -0.362 e. The Balaban J connectivity index is 2.27. The van der Waals surface area contributed by atoms with Crippen LogP contribution in [-0.2, 0) is 0 Å². The molecule has 0 aromatic carbocycles. The molecule has 0 saturated heterocycles. The number of nitrogens with one attached hydrogen (secondary N) is 1. The third-order valence-corrected chi connectivity index (χ3v) is 3.07. The summed E-state index contributed by atoms with van der Waals surface area (Å²) in [7, 11) is 3.94. The minimum atomic E-state index is 0.657. The van der Waals surface area contributed by atoms with Crippen molar-refractivity contribution in [1.29, 1.82) is 0 Å². The molecule has 3 aromatic rings. The van der Waals surface area contributed by atoms with Gasteiger partial charge in [0.05, 0.1) is 10.9 Å². The van der Waals surface area contributed by atoms with E-state index in [9.17, 15) is 0 Å². The van der Waals surface area contributed by atoms with Crippen LogP contribution in [-0.4, -0.2) is 34.0 Å². The first-order valence-electron chi connectivity index (χ1n) is 5.17. The summed E-state index contributed by atoms with van der Waals surface area (Å²) in [6.45, 7) is 0. The van der Waals surface area contributed by atoms with Crippen LogP contribution in [0.2, 0.25) is 0 Å². The topological polar surface area (TPSA) is 57.7 Å². The second-order valence-corrected chi connectivity index (χ2v) is 4.60. The van der Waals surface area contributed by atoms with Gasteiger partial charge in [0.1, 0.15) is 17.2 Å². The Labute approximate surface area is 102 Å². The van der Waals surface area contributed by atoms with E-state index in [1.807, 2.05) is 36.6 Å². The summed E-state index contributed by atoms with van der Waals surface area (Å²) in [5, 5.41) is 2.97. The van der Waals surface area contributed by atoms with Crippen molar-refractivity contribution in [3.05, 3.63) is 23.2 Å². The molecule has 0 bridgehead atoms. The number of hydrogen-bond donors (Lipinski definition) is 1. The van der Waals surface area contributed by atoms with E-state index >= 15 is 0 Å². The van der Waals surface area contributed by atoms with Crippen LogP contribution in [0.1, 0.15) is 0 Å². The highest BCUT2D eigenvalue weighted by molar-refractivity contribution is 7.07. The summed E-state index contributed by atoms with van der Waals surface area (Å²) in [4.78, 5) is 18.4. The standard InChI is InChI=1S/C11H11N5S/c1-16(2)11-7-3-4-12-9(7)14-10(15-11)8-5-17-6-13-8/h3-6H,1-2H3,(H,12,14,15). The van der Waals surface area contributed by atoms with Gasteiger partial charge in [0.15, 0.2) is 5.82 Å².